The summed E-state index contributed by atoms with van der Waals surface area (Å²) in [6.07, 6.45) is 0.989. The first-order valence-electron chi connectivity index (χ1n) is 9.37. The zero-order chi connectivity index (χ0) is 18.6. The lowest BCUT2D eigenvalue weighted by atomic mass is 10.1. The van der Waals surface area contributed by atoms with Crippen molar-refractivity contribution in [2.45, 2.75) is 13.3 Å². The van der Waals surface area contributed by atoms with Gasteiger partial charge in [-0.05, 0) is 36.2 Å². The van der Waals surface area contributed by atoms with Crippen LogP contribution in [0.1, 0.15) is 23.0 Å². The second-order valence-corrected chi connectivity index (χ2v) is 7.88. The highest BCUT2D eigenvalue weighted by atomic mass is 32.2. The van der Waals surface area contributed by atoms with Crippen LogP contribution >= 0.6 is 11.8 Å². The van der Waals surface area contributed by atoms with Gasteiger partial charge in [0.05, 0.1) is 11.2 Å². The zero-order valence-corrected chi connectivity index (χ0v) is 16.3. The van der Waals surface area contributed by atoms with Gasteiger partial charge in [0.15, 0.2) is 0 Å². The van der Waals surface area contributed by atoms with E-state index in [0.29, 0.717) is 5.69 Å². The fourth-order valence-electron chi connectivity index (χ4n) is 3.34. The number of anilines is 2. The minimum atomic E-state index is 0.0198. The number of para-hydroxylation sites is 1. The van der Waals surface area contributed by atoms with Crippen LogP contribution in [0.4, 0.5) is 11.4 Å². The number of benzene rings is 2. The molecule has 4 rings (SSSR count). The van der Waals surface area contributed by atoms with Crippen LogP contribution in [0.5, 0.6) is 0 Å². The summed E-state index contributed by atoms with van der Waals surface area (Å²) in [6.45, 7) is 3.73. The fraction of sp³-hybridized carbons (Fsp3) is 0.273. The lowest BCUT2D eigenvalue weighted by molar-refractivity contribution is 0.0767. The quantitative estimate of drug-likeness (QED) is 0.714. The van der Waals surface area contributed by atoms with E-state index in [0.717, 1.165) is 53.3 Å². The van der Waals surface area contributed by atoms with Gasteiger partial charge >= 0.3 is 0 Å². The average Bonchev–Trinajstić information content (AvgIpc) is 2.74. The molecular formula is C22H23N3OS. The van der Waals surface area contributed by atoms with Gasteiger partial charge in [-0.15, -0.1) is 0 Å². The van der Waals surface area contributed by atoms with E-state index in [4.69, 9.17) is 0 Å². The Hall–Kier alpha value is -2.53. The van der Waals surface area contributed by atoms with Crippen LogP contribution in [-0.4, -0.2) is 40.4 Å². The first-order chi connectivity index (χ1) is 13.2. The lowest BCUT2D eigenvalue weighted by Crippen LogP contribution is -2.38. The van der Waals surface area contributed by atoms with Crippen LogP contribution in [-0.2, 0) is 6.42 Å². The van der Waals surface area contributed by atoms with Gasteiger partial charge in [0.1, 0.15) is 5.69 Å². The predicted molar refractivity (Wildman–Crippen MR) is 114 cm³/mol. The minimum Gasteiger partial charge on any atom is -0.355 e. The van der Waals surface area contributed by atoms with Crippen LogP contribution < -0.4 is 5.32 Å². The maximum Gasteiger partial charge on any atom is 0.272 e. The molecule has 3 aromatic rings. The van der Waals surface area contributed by atoms with E-state index in [2.05, 4.69) is 41.5 Å². The minimum absolute atomic E-state index is 0.0198. The number of nitrogens with zero attached hydrogens (tertiary/aromatic N) is 2. The molecule has 1 aromatic heterocycles. The number of nitrogens with one attached hydrogen (secondary N) is 1. The number of aryl methyl sites for hydroxylation is 1. The van der Waals surface area contributed by atoms with E-state index in [9.17, 15) is 4.79 Å². The molecule has 1 N–H and O–H groups in total. The Morgan fingerprint density at radius 2 is 1.93 bits per heavy atom. The lowest BCUT2D eigenvalue weighted by Gasteiger charge is -2.26. The molecule has 1 saturated heterocycles. The summed E-state index contributed by atoms with van der Waals surface area (Å²) in [6, 6.07) is 18.2. The Bertz CT molecular complexity index is 967. The molecule has 0 atom stereocenters. The Morgan fingerprint density at radius 1 is 1.11 bits per heavy atom. The molecule has 0 unspecified atom stereocenters. The van der Waals surface area contributed by atoms with Gasteiger partial charge in [-0.2, -0.15) is 11.8 Å². The standard InChI is InChI=1S/C22H23N3OS/c1-2-16-6-5-7-17(14-16)23-20-15-21(22(26)25-10-12-27-13-11-25)24-19-9-4-3-8-18(19)20/h3-9,14-15H,2,10-13H2,1H3,(H,23,24). The number of aromatic nitrogens is 1. The maximum atomic E-state index is 13.0. The van der Waals surface area contributed by atoms with Crippen LogP contribution in [0.25, 0.3) is 10.9 Å². The Labute approximate surface area is 164 Å². The van der Waals surface area contributed by atoms with Crippen molar-refractivity contribution in [3.05, 3.63) is 65.9 Å². The van der Waals surface area contributed by atoms with Crippen LogP contribution in [0.2, 0.25) is 0 Å². The molecule has 0 aliphatic carbocycles. The highest BCUT2D eigenvalue weighted by Gasteiger charge is 2.21. The van der Waals surface area contributed by atoms with Crippen LogP contribution in [0.3, 0.4) is 0 Å². The molecular weight excluding hydrogens is 354 g/mol. The van der Waals surface area contributed by atoms with Gasteiger partial charge in [0.2, 0.25) is 0 Å². The fourth-order valence-corrected chi connectivity index (χ4v) is 4.24. The Morgan fingerprint density at radius 3 is 2.74 bits per heavy atom. The summed E-state index contributed by atoms with van der Waals surface area (Å²) < 4.78 is 0. The summed E-state index contributed by atoms with van der Waals surface area (Å²) in [7, 11) is 0. The third kappa shape index (κ3) is 3.93. The summed E-state index contributed by atoms with van der Waals surface area (Å²) in [5, 5.41) is 4.52. The zero-order valence-electron chi connectivity index (χ0n) is 15.4. The number of rotatable bonds is 4. The van der Waals surface area contributed by atoms with Crippen LogP contribution in [0.15, 0.2) is 54.6 Å². The molecule has 1 amide bonds. The SMILES string of the molecule is CCc1cccc(Nc2cc(C(=O)N3CCSCC3)nc3ccccc23)c1. The first-order valence-corrected chi connectivity index (χ1v) is 10.5. The highest BCUT2D eigenvalue weighted by Crippen LogP contribution is 2.28. The molecule has 0 bridgehead atoms. The van der Waals surface area contributed by atoms with Crippen molar-refractivity contribution >= 4 is 39.9 Å². The number of amides is 1. The van der Waals surface area contributed by atoms with Crippen molar-refractivity contribution < 1.29 is 4.79 Å². The molecule has 1 aliphatic rings. The summed E-state index contributed by atoms with van der Waals surface area (Å²) in [5.41, 5.74) is 4.57. The topological polar surface area (TPSA) is 45.2 Å². The van der Waals surface area contributed by atoms with E-state index in [1.165, 1.54) is 5.56 Å². The molecule has 0 radical (unpaired) electrons. The molecule has 0 saturated carbocycles. The molecule has 1 fully saturated rings. The van der Waals surface area contributed by atoms with E-state index >= 15 is 0 Å². The molecule has 1 aliphatic heterocycles. The second kappa shape index (κ2) is 8.01. The van der Waals surface area contributed by atoms with Crippen molar-refractivity contribution in [2.24, 2.45) is 0 Å². The van der Waals surface area contributed by atoms with Gasteiger partial charge in [-0.25, -0.2) is 4.98 Å². The Balaban J connectivity index is 1.73. The van der Waals surface area contributed by atoms with Crippen molar-refractivity contribution in [3.63, 3.8) is 0 Å². The van der Waals surface area contributed by atoms with Gasteiger partial charge in [-0.1, -0.05) is 37.3 Å². The molecule has 5 heteroatoms. The summed E-state index contributed by atoms with van der Waals surface area (Å²) in [4.78, 5) is 19.5. The van der Waals surface area contributed by atoms with Crippen molar-refractivity contribution in [3.8, 4) is 0 Å². The monoisotopic (exact) mass is 377 g/mol. The summed E-state index contributed by atoms with van der Waals surface area (Å²) in [5.74, 6) is 2.01. The van der Waals surface area contributed by atoms with Crippen molar-refractivity contribution in [1.29, 1.82) is 0 Å². The number of fused-ring (bicyclic) bond motifs is 1. The van der Waals surface area contributed by atoms with Crippen molar-refractivity contribution in [2.75, 3.05) is 29.9 Å². The van der Waals surface area contributed by atoms with E-state index in [1.807, 2.05) is 47.0 Å². The maximum absolute atomic E-state index is 13.0. The second-order valence-electron chi connectivity index (χ2n) is 6.66. The molecule has 2 aromatic carbocycles. The molecule has 0 spiro atoms. The third-order valence-corrected chi connectivity index (χ3v) is 5.79. The van der Waals surface area contributed by atoms with E-state index < -0.39 is 0 Å². The molecule has 138 valence electrons. The van der Waals surface area contributed by atoms with Gasteiger partial charge < -0.3 is 10.2 Å². The van der Waals surface area contributed by atoms with Gasteiger partial charge in [0.25, 0.3) is 5.91 Å². The number of carbonyl (C=O) groups is 1. The number of thioether (sulfide) groups is 1. The van der Waals surface area contributed by atoms with E-state index in [-0.39, 0.29) is 5.91 Å². The number of hydrogen-bond acceptors (Lipinski definition) is 4. The molecule has 27 heavy (non-hydrogen) atoms. The normalized spacial score (nSPS) is 14.3. The highest BCUT2D eigenvalue weighted by molar-refractivity contribution is 7.99. The molecule has 4 nitrogen and oxygen atoms in total. The third-order valence-electron chi connectivity index (χ3n) is 4.85. The number of pyridine rings is 1. The van der Waals surface area contributed by atoms with Crippen LogP contribution in [0, 0.1) is 0 Å². The number of hydrogen-bond donors (Lipinski definition) is 1. The predicted octanol–water partition coefficient (Wildman–Crippen LogP) is 4.73. The first kappa shape index (κ1) is 17.9. The van der Waals surface area contributed by atoms with Gasteiger partial charge in [-0.3, -0.25) is 4.79 Å². The van der Waals surface area contributed by atoms with Gasteiger partial charge in [0, 0.05) is 35.7 Å². The number of carbonyl (C=O) groups excluding carboxylic acids is 1. The molecule has 2 heterocycles. The van der Waals surface area contributed by atoms with E-state index in [1.54, 1.807) is 0 Å². The summed E-state index contributed by atoms with van der Waals surface area (Å²) >= 11 is 1.90. The smallest absolute Gasteiger partial charge is 0.272 e. The average molecular weight is 378 g/mol. The Kier molecular flexibility index (Phi) is 5.30. The van der Waals surface area contributed by atoms with Crippen molar-refractivity contribution in [1.82, 2.24) is 9.88 Å². The largest absolute Gasteiger partial charge is 0.355 e.